The first kappa shape index (κ1) is 17.4. The molecule has 0 aromatic heterocycles. The van der Waals surface area contributed by atoms with Crippen molar-refractivity contribution in [2.45, 2.75) is 13.5 Å². The molecular formula is C20H24FN3O. The molecule has 1 saturated heterocycles. The number of nitrogens with zero attached hydrogens (tertiary/aromatic N) is 2. The first-order valence-corrected chi connectivity index (χ1v) is 8.76. The summed E-state index contributed by atoms with van der Waals surface area (Å²) in [6.45, 7) is 6.70. The van der Waals surface area contributed by atoms with Crippen molar-refractivity contribution in [1.82, 2.24) is 10.2 Å². The lowest BCUT2D eigenvalue weighted by atomic mass is 10.1. The number of amides is 1. The van der Waals surface area contributed by atoms with Crippen LogP contribution in [0.15, 0.2) is 48.5 Å². The third kappa shape index (κ3) is 4.37. The van der Waals surface area contributed by atoms with Crippen LogP contribution in [0.1, 0.15) is 22.8 Å². The van der Waals surface area contributed by atoms with Gasteiger partial charge in [-0.3, -0.25) is 9.69 Å². The summed E-state index contributed by atoms with van der Waals surface area (Å²) in [6, 6.07) is 14.7. The fourth-order valence-electron chi connectivity index (χ4n) is 3.19. The van der Waals surface area contributed by atoms with E-state index in [4.69, 9.17) is 0 Å². The van der Waals surface area contributed by atoms with Crippen LogP contribution in [-0.4, -0.2) is 43.5 Å². The Bertz CT molecular complexity index is 726. The predicted molar refractivity (Wildman–Crippen MR) is 98.3 cm³/mol. The SMILES string of the molecule is CCNC(=O)c1cccc(CN2CCN(c3ccccc3F)CC2)c1. The number of anilines is 1. The summed E-state index contributed by atoms with van der Waals surface area (Å²) in [5, 5.41) is 2.83. The monoisotopic (exact) mass is 341 g/mol. The van der Waals surface area contributed by atoms with Crippen LogP contribution in [0.2, 0.25) is 0 Å². The van der Waals surface area contributed by atoms with E-state index >= 15 is 0 Å². The molecule has 4 nitrogen and oxygen atoms in total. The zero-order chi connectivity index (χ0) is 17.6. The van der Waals surface area contributed by atoms with Crippen molar-refractivity contribution in [3.8, 4) is 0 Å². The molecule has 0 unspecified atom stereocenters. The summed E-state index contributed by atoms with van der Waals surface area (Å²) in [5.74, 6) is -0.195. The normalized spacial score (nSPS) is 15.2. The maximum Gasteiger partial charge on any atom is 0.251 e. The number of halogens is 1. The maximum absolute atomic E-state index is 13.9. The number of para-hydroxylation sites is 1. The molecule has 1 amide bonds. The maximum atomic E-state index is 13.9. The van der Waals surface area contributed by atoms with Crippen molar-refractivity contribution in [2.24, 2.45) is 0 Å². The van der Waals surface area contributed by atoms with Crippen molar-refractivity contribution in [1.29, 1.82) is 0 Å². The van der Waals surface area contributed by atoms with Crippen LogP contribution >= 0.6 is 0 Å². The number of carbonyl (C=O) groups is 1. The first-order chi connectivity index (χ1) is 12.2. The van der Waals surface area contributed by atoms with Crippen LogP contribution in [-0.2, 0) is 6.54 Å². The third-order valence-corrected chi connectivity index (χ3v) is 4.50. The largest absolute Gasteiger partial charge is 0.367 e. The summed E-state index contributed by atoms with van der Waals surface area (Å²) in [7, 11) is 0. The average molecular weight is 341 g/mol. The number of carbonyl (C=O) groups excluding carboxylic acids is 1. The Hall–Kier alpha value is -2.40. The zero-order valence-electron chi connectivity index (χ0n) is 14.5. The molecule has 0 saturated carbocycles. The van der Waals surface area contributed by atoms with Gasteiger partial charge in [0.1, 0.15) is 5.82 Å². The lowest BCUT2D eigenvalue weighted by molar-refractivity contribution is 0.0955. The van der Waals surface area contributed by atoms with E-state index in [0.29, 0.717) is 17.8 Å². The topological polar surface area (TPSA) is 35.6 Å². The molecule has 132 valence electrons. The van der Waals surface area contributed by atoms with Gasteiger partial charge in [-0.25, -0.2) is 4.39 Å². The molecule has 0 spiro atoms. The Morgan fingerprint density at radius 3 is 2.56 bits per heavy atom. The second kappa shape index (κ2) is 8.12. The van der Waals surface area contributed by atoms with Gasteiger partial charge in [0.2, 0.25) is 0 Å². The molecule has 2 aromatic carbocycles. The molecule has 0 radical (unpaired) electrons. The van der Waals surface area contributed by atoms with Gasteiger partial charge in [-0.05, 0) is 36.8 Å². The predicted octanol–water partition coefficient (Wildman–Crippen LogP) is 2.90. The van der Waals surface area contributed by atoms with Crippen molar-refractivity contribution in [3.63, 3.8) is 0 Å². The van der Waals surface area contributed by atoms with E-state index in [-0.39, 0.29) is 11.7 Å². The molecule has 1 fully saturated rings. The molecule has 5 heteroatoms. The van der Waals surface area contributed by atoms with Crippen LogP contribution in [0.25, 0.3) is 0 Å². The highest BCUT2D eigenvalue weighted by molar-refractivity contribution is 5.94. The van der Waals surface area contributed by atoms with Gasteiger partial charge in [-0.15, -0.1) is 0 Å². The van der Waals surface area contributed by atoms with E-state index < -0.39 is 0 Å². The van der Waals surface area contributed by atoms with E-state index in [1.54, 1.807) is 6.07 Å². The Kier molecular flexibility index (Phi) is 5.66. The minimum atomic E-state index is -0.161. The van der Waals surface area contributed by atoms with Crippen LogP contribution in [0.3, 0.4) is 0 Å². The van der Waals surface area contributed by atoms with E-state index in [1.807, 2.05) is 43.3 Å². The Balaban J connectivity index is 1.58. The number of benzene rings is 2. The van der Waals surface area contributed by atoms with Gasteiger partial charge < -0.3 is 10.2 Å². The highest BCUT2D eigenvalue weighted by atomic mass is 19.1. The molecule has 1 aliphatic rings. The summed E-state index contributed by atoms with van der Waals surface area (Å²) in [4.78, 5) is 16.4. The molecule has 0 atom stereocenters. The quantitative estimate of drug-likeness (QED) is 0.908. The Morgan fingerprint density at radius 2 is 1.84 bits per heavy atom. The molecule has 2 aromatic rings. The van der Waals surface area contributed by atoms with Crippen LogP contribution in [0, 0.1) is 5.82 Å². The Labute approximate surface area is 148 Å². The van der Waals surface area contributed by atoms with Gasteiger partial charge in [0.25, 0.3) is 5.91 Å². The summed E-state index contributed by atoms with van der Waals surface area (Å²) >= 11 is 0. The molecule has 1 heterocycles. The van der Waals surface area contributed by atoms with Crippen LogP contribution in [0.4, 0.5) is 10.1 Å². The zero-order valence-corrected chi connectivity index (χ0v) is 14.5. The minimum absolute atomic E-state index is 0.0336. The van der Waals surface area contributed by atoms with Gasteiger partial charge in [0.15, 0.2) is 0 Å². The highest BCUT2D eigenvalue weighted by Gasteiger charge is 2.19. The number of piperazine rings is 1. The number of hydrogen-bond acceptors (Lipinski definition) is 3. The molecule has 1 N–H and O–H groups in total. The van der Waals surface area contributed by atoms with Gasteiger partial charge in [-0.1, -0.05) is 24.3 Å². The van der Waals surface area contributed by atoms with Crippen LogP contribution in [0.5, 0.6) is 0 Å². The fourth-order valence-corrected chi connectivity index (χ4v) is 3.19. The second-order valence-corrected chi connectivity index (χ2v) is 6.27. The minimum Gasteiger partial charge on any atom is -0.367 e. The van der Waals surface area contributed by atoms with E-state index in [2.05, 4.69) is 15.1 Å². The van der Waals surface area contributed by atoms with Gasteiger partial charge in [-0.2, -0.15) is 0 Å². The van der Waals surface area contributed by atoms with E-state index in [1.165, 1.54) is 6.07 Å². The van der Waals surface area contributed by atoms with Crippen molar-refractivity contribution >= 4 is 11.6 Å². The fraction of sp³-hybridized carbons (Fsp3) is 0.350. The molecular weight excluding hydrogens is 317 g/mol. The number of nitrogens with one attached hydrogen (secondary N) is 1. The second-order valence-electron chi connectivity index (χ2n) is 6.27. The molecule has 0 bridgehead atoms. The Morgan fingerprint density at radius 1 is 1.08 bits per heavy atom. The van der Waals surface area contributed by atoms with Gasteiger partial charge in [0.05, 0.1) is 5.69 Å². The summed E-state index contributed by atoms with van der Waals surface area (Å²) < 4.78 is 13.9. The standard InChI is InChI=1S/C20H24FN3O/c1-2-22-20(25)17-7-5-6-16(14-17)15-23-10-12-24(13-11-23)19-9-4-3-8-18(19)21/h3-9,14H,2,10-13,15H2,1H3,(H,22,25). The highest BCUT2D eigenvalue weighted by Crippen LogP contribution is 2.20. The van der Waals surface area contributed by atoms with Crippen molar-refractivity contribution in [3.05, 3.63) is 65.5 Å². The van der Waals surface area contributed by atoms with E-state index in [0.717, 1.165) is 38.3 Å². The molecule has 0 aliphatic carbocycles. The molecule has 25 heavy (non-hydrogen) atoms. The number of rotatable bonds is 5. The lowest BCUT2D eigenvalue weighted by Gasteiger charge is -2.36. The third-order valence-electron chi connectivity index (χ3n) is 4.50. The molecule has 3 rings (SSSR count). The smallest absolute Gasteiger partial charge is 0.251 e. The summed E-state index contributed by atoms with van der Waals surface area (Å²) in [5.41, 5.74) is 2.51. The first-order valence-electron chi connectivity index (χ1n) is 8.76. The van der Waals surface area contributed by atoms with Crippen molar-refractivity contribution < 1.29 is 9.18 Å². The van der Waals surface area contributed by atoms with Crippen LogP contribution < -0.4 is 10.2 Å². The lowest BCUT2D eigenvalue weighted by Crippen LogP contribution is -2.46. The number of hydrogen-bond donors (Lipinski definition) is 1. The van der Waals surface area contributed by atoms with Gasteiger partial charge in [0, 0.05) is 44.8 Å². The molecule has 1 aliphatic heterocycles. The average Bonchev–Trinajstić information content (AvgIpc) is 2.63. The van der Waals surface area contributed by atoms with E-state index in [9.17, 15) is 9.18 Å². The van der Waals surface area contributed by atoms with Gasteiger partial charge >= 0.3 is 0 Å². The van der Waals surface area contributed by atoms with Crippen molar-refractivity contribution in [2.75, 3.05) is 37.6 Å². The summed E-state index contributed by atoms with van der Waals surface area (Å²) in [6.07, 6.45) is 0.